The third-order valence-electron chi connectivity index (χ3n) is 2.48. The van der Waals surface area contributed by atoms with Gasteiger partial charge in [-0.25, -0.2) is 0 Å². The minimum absolute atomic E-state index is 0.0823. The van der Waals surface area contributed by atoms with Gasteiger partial charge < -0.3 is 16.0 Å². The van der Waals surface area contributed by atoms with Crippen molar-refractivity contribution in [3.05, 3.63) is 35.5 Å². The van der Waals surface area contributed by atoms with Gasteiger partial charge in [0.2, 0.25) is 0 Å². The standard InChI is InChI=1S/C11H13N3O/c1-13-11(15)7-2-3-10-9(4-7)8(5-12)6-14-10/h2-4,6,14H,5,12H2,1H3,(H,13,15). The fourth-order valence-electron chi connectivity index (χ4n) is 1.63. The summed E-state index contributed by atoms with van der Waals surface area (Å²) in [6, 6.07) is 5.53. The SMILES string of the molecule is CNC(=O)c1ccc2[nH]cc(CN)c2c1. The van der Waals surface area contributed by atoms with Crippen molar-refractivity contribution in [1.82, 2.24) is 10.3 Å². The second-order valence-corrected chi connectivity index (χ2v) is 3.36. The molecule has 0 aliphatic heterocycles. The van der Waals surface area contributed by atoms with Crippen LogP contribution in [0.25, 0.3) is 10.9 Å². The predicted molar refractivity (Wildman–Crippen MR) is 59.6 cm³/mol. The molecular weight excluding hydrogens is 190 g/mol. The maximum atomic E-state index is 11.4. The van der Waals surface area contributed by atoms with Crippen molar-refractivity contribution in [2.45, 2.75) is 6.54 Å². The largest absolute Gasteiger partial charge is 0.361 e. The lowest BCUT2D eigenvalue weighted by Gasteiger charge is -2.00. The summed E-state index contributed by atoms with van der Waals surface area (Å²) in [5.41, 5.74) is 8.28. The average Bonchev–Trinajstić information content (AvgIpc) is 2.69. The van der Waals surface area contributed by atoms with E-state index in [1.165, 1.54) is 0 Å². The zero-order valence-corrected chi connectivity index (χ0v) is 8.50. The molecule has 0 atom stereocenters. The average molecular weight is 203 g/mol. The molecule has 2 rings (SSSR count). The van der Waals surface area contributed by atoms with Crippen molar-refractivity contribution >= 4 is 16.8 Å². The molecule has 1 aromatic carbocycles. The van der Waals surface area contributed by atoms with E-state index in [1.807, 2.05) is 18.3 Å². The van der Waals surface area contributed by atoms with E-state index in [2.05, 4.69) is 10.3 Å². The molecule has 1 aromatic heterocycles. The van der Waals surface area contributed by atoms with Gasteiger partial charge in [0.05, 0.1) is 0 Å². The van der Waals surface area contributed by atoms with E-state index in [4.69, 9.17) is 5.73 Å². The van der Waals surface area contributed by atoms with Gasteiger partial charge in [0.1, 0.15) is 0 Å². The maximum Gasteiger partial charge on any atom is 0.251 e. The molecule has 4 nitrogen and oxygen atoms in total. The lowest BCUT2D eigenvalue weighted by molar-refractivity contribution is 0.0963. The fourth-order valence-corrected chi connectivity index (χ4v) is 1.63. The molecule has 0 saturated carbocycles. The van der Waals surface area contributed by atoms with E-state index in [-0.39, 0.29) is 5.91 Å². The van der Waals surface area contributed by atoms with Crippen LogP contribution in [0.5, 0.6) is 0 Å². The molecule has 78 valence electrons. The number of nitrogens with one attached hydrogen (secondary N) is 2. The van der Waals surface area contributed by atoms with Crippen LogP contribution in [0.2, 0.25) is 0 Å². The number of benzene rings is 1. The molecule has 0 saturated heterocycles. The van der Waals surface area contributed by atoms with Crippen LogP contribution in [0.3, 0.4) is 0 Å². The first kappa shape index (κ1) is 9.73. The third-order valence-corrected chi connectivity index (χ3v) is 2.48. The highest BCUT2D eigenvalue weighted by molar-refractivity contribution is 5.98. The summed E-state index contributed by atoms with van der Waals surface area (Å²) in [4.78, 5) is 14.5. The number of nitrogens with two attached hydrogens (primary N) is 1. The highest BCUT2D eigenvalue weighted by atomic mass is 16.1. The van der Waals surface area contributed by atoms with Gasteiger partial charge >= 0.3 is 0 Å². The summed E-state index contributed by atoms with van der Waals surface area (Å²) in [6.07, 6.45) is 1.87. The minimum atomic E-state index is -0.0823. The van der Waals surface area contributed by atoms with Crippen LogP contribution in [-0.2, 0) is 6.54 Å². The second-order valence-electron chi connectivity index (χ2n) is 3.36. The van der Waals surface area contributed by atoms with Crippen LogP contribution >= 0.6 is 0 Å². The molecule has 0 aliphatic carbocycles. The fraction of sp³-hybridized carbons (Fsp3) is 0.182. The van der Waals surface area contributed by atoms with Gasteiger partial charge in [0.15, 0.2) is 0 Å². The Bertz CT molecular complexity index is 502. The monoisotopic (exact) mass is 203 g/mol. The minimum Gasteiger partial charge on any atom is -0.361 e. The van der Waals surface area contributed by atoms with Gasteiger partial charge in [-0.3, -0.25) is 4.79 Å². The first-order valence-corrected chi connectivity index (χ1v) is 4.78. The first-order valence-electron chi connectivity index (χ1n) is 4.78. The Kier molecular flexibility index (Phi) is 2.43. The van der Waals surface area contributed by atoms with Gasteiger partial charge in [-0.1, -0.05) is 0 Å². The number of fused-ring (bicyclic) bond motifs is 1. The predicted octanol–water partition coefficient (Wildman–Crippen LogP) is 0.986. The van der Waals surface area contributed by atoms with E-state index in [9.17, 15) is 4.79 Å². The molecule has 0 unspecified atom stereocenters. The van der Waals surface area contributed by atoms with E-state index < -0.39 is 0 Å². The van der Waals surface area contributed by atoms with Crippen LogP contribution in [0.1, 0.15) is 15.9 Å². The number of carbonyl (C=O) groups excluding carboxylic acids is 1. The molecule has 0 bridgehead atoms. The van der Waals surface area contributed by atoms with Crippen LogP contribution in [0.4, 0.5) is 0 Å². The van der Waals surface area contributed by atoms with E-state index in [1.54, 1.807) is 13.1 Å². The Balaban J connectivity index is 2.57. The molecule has 1 heterocycles. The smallest absolute Gasteiger partial charge is 0.251 e. The Morgan fingerprint density at radius 3 is 3.00 bits per heavy atom. The highest BCUT2D eigenvalue weighted by Crippen LogP contribution is 2.19. The lowest BCUT2D eigenvalue weighted by Crippen LogP contribution is -2.17. The Hall–Kier alpha value is -1.81. The highest BCUT2D eigenvalue weighted by Gasteiger charge is 2.07. The number of carbonyl (C=O) groups is 1. The normalized spacial score (nSPS) is 10.5. The summed E-state index contributed by atoms with van der Waals surface area (Å²) >= 11 is 0. The summed E-state index contributed by atoms with van der Waals surface area (Å²) in [7, 11) is 1.62. The summed E-state index contributed by atoms with van der Waals surface area (Å²) < 4.78 is 0. The lowest BCUT2D eigenvalue weighted by atomic mass is 10.1. The maximum absolute atomic E-state index is 11.4. The van der Waals surface area contributed by atoms with Crippen molar-refractivity contribution < 1.29 is 4.79 Å². The number of aromatic amines is 1. The van der Waals surface area contributed by atoms with Gasteiger partial charge in [-0.05, 0) is 23.8 Å². The van der Waals surface area contributed by atoms with Crippen LogP contribution in [0, 0.1) is 0 Å². The molecular formula is C11H13N3O. The molecule has 15 heavy (non-hydrogen) atoms. The molecule has 0 fully saturated rings. The molecule has 0 radical (unpaired) electrons. The van der Waals surface area contributed by atoms with Crippen LogP contribution in [-0.4, -0.2) is 17.9 Å². The summed E-state index contributed by atoms with van der Waals surface area (Å²) in [6.45, 7) is 0.469. The Morgan fingerprint density at radius 2 is 2.33 bits per heavy atom. The van der Waals surface area contributed by atoms with Crippen LogP contribution < -0.4 is 11.1 Å². The third kappa shape index (κ3) is 1.59. The van der Waals surface area contributed by atoms with E-state index >= 15 is 0 Å². The number of H-pyrrole nitrogens is 1. The first-order chi connectivity index (χ1) is 7.26. The zero-order chi connectivity index (χ0) is 10.8. The number of hydrogen-bond acceptors (Lipinski definition) is 2. The quantitative estimate of drug-likeness (QED) is 0.681. The summed E-state index contributed by atoms with van der Waals surface area (Å²) in [5.74, 6) is -0.0823. The van der Waals surface area contributed by atoms with Crippen molar-refractivity contribution in [3.8, 4) is 0 Å². The number of aromatic nitrogens is 1. The Labute approximate surface area is 87.5 Å². The van der Waals surface area contributed by atoms with Crippen molar-refractivity contribution in [1.29, 1.82) is 0 Å². The second kappa shape index (κ2) is 3.74. The molecule has 4 heteroatoms. The van der Waals surface area contributed by atoms with Crippen LogP contribution in [0.15, 0.2) is 24.4 Å². The number of amides is 1. The molecule has 0 aliphatic rings. The zero-order valence-electron chi connectivity index (χ0n) is 8.50. The Morgan fingerprint density at radius 1 is 1.53 bits per heavy atom. The van der Waals surface area contributed by atoms with Gasteiger partial charge in [-0.15, -0.1) is 0 Å². The topological polar surface area (TPSA) is 70.9 Å². The van der Waals surface area contributed by atoms with Crippen molar-refractivity contribution in [2.75, 3.05) is 7.05 Å². The summed E-state index contributed by atoms with van der Waals surface area (Å²) in [5, 5.41) is 3.61. The van der Waals surface area contributed by atoms with E-state index in [0.29, 0.717) is 12.1 Å². The molecule has 4 N–H and O–H groups in total. The number of rotatable bonds is 2. The molecule has 2 aromatic rings. The van der Waals surface area contributed by atoms with Gasteiger partial charge in [-0.2, -0.15) is 0 Å². The molecule has 1 amide bonds. The van der Waals surface area contributed by atoms with Crippen molar-refractivity contribution in [3.63, 3.8) is 0 Å². The van der Waals surface area contributed by atoms with E-state index in [0.717, 1.165) is 16.5 Å². The molecule has 0 spiro atoms. The van der Waals surface area contributed by atoms with Gasteiger partial charge in [0.25, 0.3) is 5.91 Å². The number of hydrogen-bond donors (Lipinski definition) is 3. The van der Waals surface area contributed by atoms with Gasteiger partial charge in [0, 0.05) is 36.3 Å². The van der Waals surface area contributed by atoms with Crippen molar-refractivity contribution in [2.24, 2.45) is 5.73 Å².